The van der Waals surface area contributed by atoms with Crippen LogP contribution in [-0.2, 0) is 15.9 Å². The van der Waals surface area contributed by atoms with Gasteiger partial charge in [-0.2, -0.15) is 0 Å². The summed E-state index contributed by atoms with van der Waals surface area (Å²) in [7, 11) is 0. The molecule has 0 saturated heterocycles. The highest BCUT2D eigenvalue weighted by molar-refractivity contribution is 9.10. The molecule has 0 fully saturated rings. The van der Waals surface area contributed by atoms with Crippen LogP contribution in [0.1, 0.15) is 43.7 Å². The third-order valence-electron chi connectivity index (χ3n) is 4.72. The maximum atomic E-state index is 6.10. The zero-order chi connectivity index (χ0) is 17.8. The molecule has 25 heavy (non-hydrogen) atoms. The molecule has 1 unspecified atom stereocenters. The number of anilines is 1. The molecule has 7 heteroatoms. The number of aliphatic imine (C=N–C) groups is 1. The summed E-state index contributed by atoms with van der Waals surface area (Å²) in [6, 6.07) is 4.28. The molecular weight excluding hydrogens is 384 g/mol. The van der Waals surface area contributed by atoms with Crippen LogP contribution in [0.3, 0.4) is 0 Å². The van der Waals surface area contributed by atoms with Gasteiger partial charge in [0.05, 0.1) is 12.2 Å². The molecule has 1 atom stereocenters. The average molecular weight is 411 g/mol. The molecule has 3 N–H and O–H groups in total. The Morgan fingerprint density at radius 2 is 2.16 bits per heavy atom. The van der Waals surface area contributed by atoms with Gasteiger partial charge in [0.2, 0.25) is 5.96 Å². The highest BCUT2D eigenvalue weighted by Crippen LogP contribution is 2.45. The lowest BCUT2D eigenvalue weighted by atomic mass is 9.84. The lowest BCUT2D eigenvalue weighted by Crippen LogP contribution is -2.46. The number of nitrogens with one attached hydrogen (secondary N) is 1. The summed E-state index contributed by atoms with van der Waals surface area (Å²) in [6.45, 7) is 6.37. The van der Waals surface area contributed by atoms with Crippen LogP contribution in [0.15, 0.2) is 21.6 Å². The molecule has 0 radical (unpaired) electrons. The van der Waals surface area contributed by atoms with Crippen LogP contribution in [0.25, 0.3) is 0 Å². The number of nitrogens with two attached hydrogens (primary N) is 1. The van der Waals surface area contributed by atoms with Crippen molar-refractivity contribution in [3.05, 3.63) is 27.7 Å². The van der Waals surface area contributed by atoms with E-state index in [1.807, 2.05) is 13.8 Å². The van der Waals surface area contributed by atoms with E-state index in [9.17, 15) is 0 Å². The first-order valence-electron chi connectivity index (χ1n) is 9.02. The molecule has 138 valence electrons. The van der Waals surface area contributed by atoms with Crippen molar-refractivity contribution in [2.45, 2.75) is 45.3 Å². The second-order valence-corrected chi connectivity index (χ2v) is 7.19. The number of nitrogens with zero attached hydrogens (tertiary/aromatic N) is 2. The normalized spacial score (nSPS) is 19.4. The Bertz CT molecular complexity index is 632. The monoisotopic (exact) mass is 410 g/mol. The first-order chi connectivity index (χ1) is 12.1. The fourth-order valence-electron chi connectivity index (χ4n) is 3.72. The molecule has 2 aliphatic rings. The zero-order valence-electron chi connectivity index (χ0n) is 14.9. The average Bonchev–Trinajstić information content (AvgIpc) is 2.95. The SMILES string of the molecule is CCOC(CN=C(N)NN1CC2CCCc3c(Br)ccc1c32)OCC. The van der Waals surface area contributed by atoms with E-state index >= 15 is 0 Å². The molecule has 0 saturated carbocycles. The molecule has 0 amide bonds. The Hall–Kier alpha value is -1.31. The third kappa shape index (κ3) is 4.10. The summed E-state index contributed by atoms with van der Waals surface area (Å²) in [4.78, 5) is 4.39. The summed E-state index contributed by atoms with van der Waals surface area (Å²) in [5, 5.41) is 2.12. The lowest BCUT2D eigenvalue weighted by Gasteiger charge is -2.22. The van der Waals surface area contributed by atoms with Crippen molar-refractivity contribution < 1.29 is 9.47 Å². The van der Waals surface area contributed by atoms with Crippen LogP contribution in [0.5, 0.6) is 0 Å². The standard InChI is InChI=1S/C18H27BrN4O2/c1-3-24-16(25-4-2)10-21-18(20)22-23-11-12-6-5-7-13-14(19)8-9-15(23)17(12)13/h8-9,12,16H,3-7,10-11H2,1-2H3,(H3,20,21,22). The maximum Gasteiger partial charge on any atom is 0.208 e. The van der Waals surface area contributed by atoms with E-state index in [-0.39, 0.29) is 6.29 Å². The smallest absolute Gasteiger partial charge is 0.208 e. The van der Waals surface area contributed by atoms with Crippen molar-refractivity contribution in [3.63, 3.8) is 0 Å². The van der Waals surface area contributed by atoms with E-state index < -0.39 is 0 Å². The van der Waals surface area contributed by atoms with Gasteiger partial charge in [0.25, 0.3) is 0 Å². The van der Waals surface area contributed by atoms with Gasteiger partial charge in [0.1, 0.15) is 0 Å². The molecule has 0 aromatic heterocycles. The van der Waals surface area contributed by atoms with Gasteiger partial charge >= 0.3 is 0 Å². The van der Waals surface area contributed by atoms with Gasteiger partial charge in [-0.15, -0.1) is 0 Å². The van der Waals surface area contributed by atoms with E-state index in [0.29, 0.717) is 31.6 Å². The van der Waals surface area contributed by atoms with Crippen molar-refractivity contribution in [2.24, 2.45) is 10.7 Å². The van der Waals surface area contributed by atoms with Crippen LogP contribution in [0.4, 0.5) is 5.69 Å². The van der Waals surface area contributed by atoms with Gasteiger partial charge in [-0.05, 0) is 56.4 Å². The van der Waals surface area contributed by atoms with E-state index in [2.05, 4.69) is 43.5 Å². The number of guanidine groups is 1. The number of hydrogen-bond donors (Lipinski definition) is 2. The number of benzene rings is 1. The summed E-state index contributed by atoms with van der Waals surface area (Å²) < 4.78 is 12.2. The minimum atomic E-state index is -0.349. The first-order valence-corrected chi connectivity index (χ1v) is 9.81. The van der Waals surface area contributed by atoms with Crippen LogP contribution in [0.2, 0.25) is 0 Å². The van der Waals surface area contributed by atoms with Crippen molar-refractivity contribution in [1.82, 2.24) is 5.43 Å². The van der Waals surface area contributed by atoms with Gasteiger partial charge in [-0.3, -0.25) is 10.4 Å². The van der Waals surface area contributed by atoms with Gasteiger partial charge < -0.3 is 15.2 Å². The van der Waals surface area contributed by atoms with Gasteiger partial charge in [-0.1, -0.05) is 15.9 Å². The van der Waals surface area contributed by atoms with Crippen molar-refractivity contribution in [3.8, 4) is 0 Å². The Morgan fingerprint density at radius 1 is 1.40 bits per heavy atom. The number of halogens is 1. The minimum absolute atomic E-state index is 0.349. The van der Waals surface area contributed by atoms with Crippen molar-refractivity contribution in [1.29, 1.82) is 0 Å². The Labute approximate surface area is 157 Å². The van der Waals surface area contributed by atoms with Crippen LogP contribution >= 0.6 is 15.9 Å². The third-order valence-corrected chi connectivity index (χ3v) is 5.47. The highest BCUT2D eigenvalue weighted by Gasteiger charge is 2.34. The number of hydrazine groups is 1. The molecule has 1 heterocycles. The quantitative estimate of drug-likeness (QED) is 0.410. The Morgan fingerprint density at radius 3 is 2.88 bits per heavy atom. The summed E-state index contributed by atoms with van der Waals surface area (Å²) in [5.74, 6) is 0.955. The van der Waals surface area contributed by atoms with E-state index in [1.54, 1.807) is 0 Å². The topological polar surface area (TPSA) is 72.1 Å². The molecule has 1 aromatic rings. The largest absolute Gasteiger partial charge is 0.369 e. The highest BCUT2D eigenvalue weighted by atomic mass is 79.9. The fourth-order valence-corrected chi connectivity index (χ4v) is 4.26. The molecule has 1 aliphatic carbocycles. The van der Waals surface area contributed by atoms with Crippen molar-refractivity contribution >= 4 is 27.6 Å². The van der Waals surface area contributed by atoms with Crippen molar-refractivity contribution in [2.75, 3.05) is 31.3 Å². The second kappa shape index (κ2) is 8.38. The summed E-state index contributed by atoms with van der Waals surface area (Å²) in [6.07, 6.45) is 3.25. The maximum absolute atomic E-state index is 6.10. The van der Waals surface area contributed by atoms with Gasteiger partial charge in [0.15, 0.2) is 6.29 Å². The lowest BCUT2D eigenvalue weighted by molar-refractivity contribution is -0.128. The van der Waals surface area contributed by atoms with Gasteiger partial charge in [0, 0.05) is 30.1 Å². The van der Waals surface area contributed by atoms with Crippen LogP contribution < -0.4 is 16.2 Å². The molecule has 0 bridgehead atoms. The molecule has 0 spiro atoms. The van der Waals surface area contributed by atoms with E-state index in [4.69, 9.17) is 15.2 Å². The molecule has 3 rings (SSSR count). The van der Waals surface area contributed by atoms with Crippen LogP contribution in [0, 0.1) is 0 Å². The number of hydrogen-bond acceptors (Lipinski definition) is 4. The second-order valence-electron chi connectivity index (χ2n) is 6.34. The van der Waals surface area contributed by atoms with Crippen LogP contribution in [-0.4, -0.2) is 38.6 Å². The Kier molecular flexibility index (Phi) is 6.19. The molecule has 1 aromatic carbocycles. The summed E-state index contributed by atoms with van der Waals surface area (Å²) in [5.41, 5.74) is 13.5. The predicted octanol–water partition coefficient (Wildman–Crippen LogP) is 2.91. The fraction of sp³-hybridized carbons (Fsp3) is 0.611. The van der Waals surface area contributed by atoms with E-state index in [1.165, 1.54) is 34.1 Å². The first kappa shape index (κ1) is 18.5. The summed E-state index contributed by atoms with van der Waals surface area (Å²) >= 11 is 3.70. The number of ether oxygens (including phenoxy) is 2. The van der Waals surface area contributed by atoms with E-state index in [0.717, 1.165) is 13.0 Å². The predicted molar refractivity (Wildman–Crippen MR) is 104 cm³/mol. The van der Waals surface area contributed by atoms with Gasteiger partial charge in [-0.25, -0.2) is 4.99 Å². The number of rotatable bonds is 7. The minimum Gasteiger partial charge on any atom is -0.369 e. The molecular formula is C18H27BrN4O2. The Balaban J connectivity index is 1.68. The zero-order valence-corrected chi connectivity index (χ0v) is 16.5. The molecule has 1 aliphatic heterocycles. The molecule has 6 nitrogen and oxygen atoms in total.